The first-order chi connectivity index (χ1) is 24.0. The summed E-state index contributed by atoms with van der Waals surface area (Å²) in [5.74, 6) is 1.40. The summed E-state index contributed by atoms with van der Waals surface area (Å²) in [6, 6.07) is 0. The Morgan fingerprint density at radius 1 is 0.882 bits per heavy atom. The summed E-state index contributed by atoms with van der Waals surface area (Å²) in [4.78, 5) is 0. The van der Waals surface area contributed by atoms with Crippen molar-refractivity contribution in [1.82, 2.24) is 0 Å². The van der Waals surface area contributed by atoms with Crippen LogP contribution in [-0.2, 0) is 18.9 Å². The fraction of sp³-hybridized carbons (Fsp3) is 0.895. The van der Waals surface area contributed by atoms with Crippen LogP contribution < -0.4 is 0 Å². The van der Waals surface area contributed by atoms with Gasteiger partial charge in [0.2, 0.25) is 0 Å². The molecule has 0 spiro atoms. The molecule has 3 unspecified atom stereocenters. The molecule has 13 nitrogen and oxygen atoms in total. The quantitative estimate of drug-likeness (QED) is 0.148. The summed E-state index contributed by atoms with van der Waals surface area (Å²) in [5.41, 5.74) is 1.42. The molecule has 3 saturated carbocycles. The Balaban J connectivity index is 1.25. The molecule has 9 N–H and O–H groups in total. The molecule has 0 radical (unpaired) electrons. The Morgan fingerprint density at radius 3 is 2.29 bits per heavy atom. The first-order valence-corrected chi connectivity index (χ1v) is 19.0. The van der Waals surface area contributed by atoms with Gasteiger partial charge in [-0.3, -0.25) is 0 Å². The molecule has 13 heteroatoms. The van der Waals surface area contributed by atoms with Gasteiger partial charge in [0.25, 0.3) is 0 Å². The van der Waals surface area contributed by atoms with Gasteiger partial charge in [0.1, 0.15) is 54.9 Å². The van der Waals surface area contributed by atoms with Gasteiger partial charge >= 0.3 is 0 Å². The zero-order valence-electron chi connectivity index (χ0n) is 30.6. The van der Waals surface area contributed by atoms with E-state index in [2.05, 4.69) is 40.7 Å². The molecule has 292 valence electrons. The van der Waals surface area contributed by atoms with Gasteiger partial charge in [-0.1, -0.05) is 38.5 Å². The third-order valence-electron chi connectivity index (χ3n) is 14.0. The van der Waals surface area contributed by atoms with E-state index in [-0.39, 0.29) is 30.3 Å². The summed E-state index contributed by atoms with van der Waals surface area (Å²) in [6.45, 7) is 10.1. The predicted molar refractivity (Wildman–Crippen MR) is 182 cm³/mol. The minimum absolute atomic E-state index is 0.0133. The molecule has 0 amide bonds. The van der Waals surface area contributed by atoms with Gasteiger partial charge in [0.15, 0.2) is 12.6 Å². The van der Waals surface area contributed by atoms with Gasteiger partial charge in [-0.25, -0.2) is 0 Å². The maximum Gasteiger partial charge on any atom is 0.187 e. The van der Waals surface area contributed by atoms with Crippen LogP contribution in [0.4, 0.5) is 0 Å². The lowest BCUT2D eigenvalue weighted by Gasteiger charge is -2.61. The number of aliphatic hydroxyl groups is 9. The average molecular weight is 727 g/mol. The largest absolute Gasteiger partial charge is 0.394 e. The zero-order valence-corrected chi connectivity index (χ0v) is 30.6. The average Bonchev–Trinajstić information content (AvgIpc) is 3.44. The van der Waals surface area contributed by atoms with Crippen LogP contribution in [0.5, 0.6) is 0 Å². The lowest BCUT2D eigenvalue weighted by molar-refractivity contribution is -0.363. The highest BCUT2D eigenvalue weighted by atomic mass is 16.8. The molecule has 4 aliphatic carbocycles. The topological polar surface area (TPSA) is 219 Å². The highest BCUT2D eigenvalue weighted by Gasteiger charge is 2.64. The molecule has 0 aromatic carbocycles. The van der Waals surface area contributed by atoms with E-state index in [1.54, 1.807) is 6.08 Å². The smallest absolute Gasteiger partial charge is 0.187 e. The second-order valence-corrected chi connectivity index (χ2v) is 17.3. The predicted octanol–water partition coefficient (Wildman–Crippen LogP) is 0.509. The molecule has 20 atom stereocenters. The zero-order chi connectivity index (χ0) is 37.2. The number of hydrogen-bond acceptors (Lipinski definition) is 13. The Hall–Kier alpha value is -1.04. The Morgan fingerprint density at radius 2 is 1.61 bits per heavy atom. The van der Waals surface area contributed by atoms with Crippen molar-refractivity contribution in [3.8, 4) is 0 Å². The molecule has 2 aliphatic heterocycles. The minimum atomic E-state index is -1.79. The number of hydrogen-bond donors (Lipinski definition) is 9. The van der Waals surface area contributed by atoms with E-state index in [1.165, 1.54) is 5.57 Å². The molecule has 0 aromatic rings. The fourth-order valence-corrected chi connectivity index (χ4v) is 11.2. The summed E-state index contributed by atoms with van der Waals surface area (Å²) < 4.78 is 23.5. The van der Waals surface area contributed by atoms with E-state index >= 15 is 0 Å². The minimum Gasteiger partial charge on any atom is -0.394 e. The Bertz CT molecular complexity index is 1270. The first-order valence-electron chi connectivity index (χ1n) is 19.0. The van der Waals surface area contributed by atoms with Crippen LogP contribution in [-0.4, -0.2) is 139 Å². The van der Waals surface area contributed by atoms with Crippen LogP contribution in [0, 0.1) is 40.4 Å². The SMILES string of the molecule is CC(C)=CCC[C@@H](C)[C@H]1CCC2C3C(CC[C@@]21C)[C@@]1(C)C[C@@H](O)[C@H](O)[C@H](O[C@@H]2OC[C@@H](O)[C@H](O)[C@H]2O[C@@H]2O[C@H](CO)[C@H](O)[C@H](O)[C@H]2O)C1=C[C@@H]3O. The van der Waals surface area contributed by atoms with Gasteiger partial charge in [-0.2, -0.15) is 0 Å². The Labute approximate surface area is 300 Å². The number of aliphatic hydroxyl groups excluding tert-OH is 9. The van der Waals surface area contributed by atoms with E-state index in [0.29, 0.717) is 23.3 Å². The van der Waals surface area contributed by atoms with Crippen molar-refractivity contribution in [2.45, 2.75) is 159 Å². The van der Waals surface area contributed by atoms with Crippen molar-refractivity contribution in [2.75, 3.05) is 13.2 Å². The van der Waals surface area contributed by atoms with Crippen molar-refractivity contribution < 1.29 is 64.9 Å². The molecule has 2 heterocycles. The van der Waals surface area contributed by atoms with E-state index in [9.17, 15) is 46.0 Å². The molecule has 5 fully saturated rings. The van der Waals surface area contributed by atoms with E-state index in [1.807, 2.05) is 0 Å². The van der Waals surface area contributed by atoms with Crippen molar-refractivity contribution in [1.29, 1.82) is 0 Å². The van der Waals surface area contributed by atoms with Gasteiger partial charge in [-0.15, -0.1) is 0 Å². The maximum atomic E-state index is 12.0. The van der Waals surface area contributed by atoms with Gasteiger partial charge in [0, 0.05) is 0 Å². The van der Waals surface area contributed by atoms with Crippen LogP contribution >= 0.6 is 0 Å². The van der Waals surface area contributed by atoms with E-state index < -0.39 is 91.7 Å². The summed E-state index contributed by atoms with van der Waals surface area (Å²) in [5, 5.41) is 97.1. The molecular weight excluding hydrogens is 664 g/mol. The lowest BCUT2D eigenvalue weighted by Crippen LogP contribution is -2.64. The fourth-order valence-electron chi connectivity index (χ4n) is 11.2. The summed E-state index contributed by atoms with van der Waals surface area (Å²) in [7, 11) is 0. The normalized spacial score (nSPS) is 51.9. The highest BCUT2D eigenvalue weighted by molar-refractivity contribution is 5.32. The second-order valence-electron chi connectivity index (χ2n) is 17.3. The summed E-state index contributed by atoms with van der Waals surface area (Å²) in [6.07, 6.45) is -8.15. The van der Waals surface area contributed by atoms with Crippen LogP contribution in [0.2, 0.25) is 0 Å². The monoisotopic (exact) mass is 726 g/mol. The second kappa shape index (κ2) is 15.2. The number of allylic oxidation sites excluding steroid dienone is 2. The maximum absolute atomic E-state index is 12.0. The van der Waals surface area contributed by atoms with Crippen molar-refractivity contribution in [3.63, 3.8) is 0 Å². The molecular formula is C38H62O13. The third kappa shape index (κ3) is 7.03. The van der Waals surface area contributed by atoms with Gasteiger partial charge in [-0.05, 0) is 105 Å². The van der Waals surface area contributed by atoms with Crippen LogP contribution in [0.1, 0.15) is 79.6 Å². The van der Waals surface area contributed by atoms with Crippen LogP contribution in [0.15, 0.2) is 23.3 Å². The molecule has 0 bridgehead atoms. The molecule has 6 rings (SSSR count). The Kier molecular flexibility index (Phi) is 11.8. The number of ether oxygens (including phenoxy) is 4. The van der Waals surface area contributed by atoms with E-state index in [4.69, 9.17) is 18.9 Å². The van der Waals surface area contributed by atoms with Crippen molar-refractivity contribution in [3.05, 3.63) is 23.3 Å². The molecule has 2 saturated heterocycles. The number of fused-ring (bicyclic) bond motifs is 5. The standard InChI is InChI=1S/C38H62O13/c1-17(2)7-6-8-18(3)19-9-10-20-27-21(11-12-37(19,20)4)38(5)14-24(41)28(43)33(22(38)13-23(27)40)50-36-34(29(44)25(42)16-48-36)51-35-32(47)31(46)30(45)26(15-39)49-35/h7,13,18-21,23-36,39-47H,6,8-12,14-16H2,1-5H3/t18-,19-,20?,21?,23+,24-,25-,26-,27?,28+,29+,30+,31+,32-,33-,34-,35+,36+,37-,38-/m1/s1. The van der Waals surface area contributed by atoms with Gasteiger partial charge < -0.3 is 64.9 Å². The van der Waals surface area contributed by atoms with Crippen LogP contribution in [0.25, 0.3) is 0 Å². The molecule has 51 heavy (non-hydrogen) atoms. The number of rotatable bonds is 9. The lowest BCUT2D eigenvalue weighted by atomic mass is 9.45. The molecule has 6 aliphatic rings. The third-order valence-corrected chi connectivity index (χ3v) is 14.0. The summed E-state index contributed by atoms with van der Waals surface area (Å²) >= 11 is 0. The van der Waals surface area contributed by atoms with Crippen molar-refractivity contribution in [2.24, 2.45) is 40.4 Å². The molecule has 0 aromatic heterocycles. The van der Waals surface area contributed by atoms with E-state index in [0.717, 1.165) is 38.5 Å². The first kappa shape index (κ1) is 39.6. The van der Waals surface area contributed by atoms with Crippen molar-refractivity contribution >= 4 is 0 Å². The van der Waals surface area contributed by atoms with Crippen LogP contribution in [0.3, 0.4) is 0 Å². The van der Waals surface area contributed by atoms with Gasteiger partial charge in [0.05, 0.1) is 25.4 Å². The highest BCUT2D eigenvalue weighted by Crippen LogP contribution is 2.67.